The van der Waals surface area contributed by atoms with E-state index in [1.54, 1.807) is 0 Å². The highest BCUT2D eigenvalue weighted by atomic mass is 31.2. The minimum absolute atomic E-state index is 0.0851. The quantitative estimate of drug-likeness (QED) is 0.0269. The number of nitrogens with two attached hydrogens (primary N) is 1. The lowest BCUT2D eigenvalue weighted by molar-refractivity contribution is -0.154. The number of phosphoric acid groups is 1. The van der Waals surface area contributed by atoms with Crippen LogP contribution in [-0.4, -0.2) is 49.9 Å². The highest BCUT2D eigenvalue weighted by Crippen LogP contribution is 2.43. The van der Waals surface area contributed by atoms with Gasteiger partial charge >= 0.3 is 13.8 Å². The highest BCUT2D eigenvalue weighted by molar-refractivity contribution is 7.47. The third-order valence-corrected chi connectivity index (χ3v) is 10.2. The van der Waals surface area contributed by atoms with Crippen LogP contribution in [0.5, 0.6) is 0 Å². The van der Waals surface area contributed by atoms with Crippen LogP contribution >= 0.6 is 7.82 Å². The number of phosphoric ester groups is 1. The van der Waals surface area contributed by atoms with Gasteiger partial charge in [0.05, 0.1) is 19.8 Å². The largest absolute Gasteiger partial charge is 0.472 e. The van der Waals surface area contributed by atoms with Gasteiger partial charge in [-0.05, 0) is 96.3 Å². The van der Waals surface area contributed by atoms with E-state index in [1.165, 1.54) is 38.5 Å². The molecule has 8 nitrogen and oxygen atoms in total. The van der Waals surface area contributed by atoms with Gasteiger partial charge in [0.25, 0.3) is 0 Å². The molecular weight excluding hydrogens is 770 g/mol. The second kappa shape index (κ2) is 47.2. The topological polar surface area (TPSA) is 117 Å². The minimum atomic E-state index is -4.30. The molecule has 0 spiro atoms. The van der Waals surface area contributed by atoms with Crippen molar-refractivity contribution in [3.05, 3.63) is 109 Å². The van der Waals surface area contributed by atoms with Gasteiger partial charge in [0.2, 0.25) is 0 Å². The van der Waals surface area contributed by atoms with Gasteiger partial charge in [0.1, 0.15) is 6.10 Å². The summed E-state index contributed by atoms with van der Waals surface area (Å²) in [7, 11) is -4.30. The number of unbranched alkanes of at least 4 members (excludes halogenated alkanes) is 12. The molecule has 0 rings (SSSR count). The Morgan fingerprint density at radius 3 is 1.32 bits per heavy atom. The Labute approximate surface area is 367 Å². The van der Waals surface area contributed by atoms with E-state index in [0.29, 0.717) is 13.0 Å². The normalized spacial score (nSPS) is 14.4. The molecule has 0 amide bonds. The van der Waals surface area contributed by atoms with E-state index in [4.69, 9.17) is 24.3 Å². The van der Waals surface area contributed by atoms with Crippen LogP contribution in [0.3, 0.4) is 0 Å². The summed E-state index contributed by atoms with van der Waals surface area (Å²) >= 11 is 0. The van der Waals surface area contributed by atoms with Gasteiger partial charge < -0.3 is 20.1 Å². The summed E-state index contributed by atoms with van der Waals surface area (Å²) in [6.07, 6.45) is 64.0. The van der Waals surface area contributed by atoms with Crippen LogP contribution in [0.1, 0.15) is 168 Å². The van der Waals surface area contributed by atoms with Gasteiger partial charge in [-0.1, -0.05) is 175 Å². The average Bonchev–Trinajstić information content (AvgIpc) is 3.24. The fraction of sp³-hybridized carbons (Fsp3) is 0.627. The first-order chi connectivity index (χ1) is 29.4. The second-order valence-electron chi connectivity index (χ2n) is 14.9. The number of hydrogen-bond donors (Lipinski definition) is 2. The first-order valence-electron chi connectivity index (χ1n) is 23.4. The number of esters is 1. The van der Waals surface area contributed by atoms with E-state index in [9.17, 15) is 14.3 Å². The Hall–Kier alpha value is -2.84. The van der Waals surface area contributed by atoms with Crippen LogP contribution in [-0.2, 0) is 27.9 Å². The van der Waals surface area contributed by atoms with Gasteiger partial charge in [0, 0.05) is 19.6 Å². The monoisotopic (exact) mass is 856 g/mol. The zero-order valence-electron chi connectivity index (χ0n) is 37.9. The molecule has 0 aromatic carbocycles. The summed E-state index contributed by atoms with van der Waals surface area (Å²) in [5.41, 5.74) is 5.37. The smallest absolute Gasteiger partial charge is 0.457 e. The molecule has 0 aliphatic carbocycles. The van der Waals surface area contributed by atoms with Crippen molar-refractivity contribution in [3.8, 4) is 0 Å². The van der Waals surface area contributed by atoms with Crippen LogP contribution in [0, 0.1) is 0 Å². The predicted octanol–water partition coefficient (Wildman–Crippen LogP) is 14.4. The molecule has 342 valence electrons. The molecule has 2 unspecified atom stereocenters. The third-order valence-electron chi connectivity index (χ3n) is 9.19. The maximum absolute atomic E-state index is 12.6. The molecule has 0 saturated heterocycles. The lowest BCUT2D eigenvalue weighted by Crippen LogP contribution is -2.28. The summed E-state index contributed by atoms with van der Waals surface area (Å²) in [5, 5.41) is 0. The Bertz CT molecular complexity index is 1280. The molecule has 0 aromatic heterocycles. The summed E-state index contributed by atoms with van der Waals surface area (Å²) in [5.74, 6) is -0.353. The van der Waals surface area contributed by atoms with E-state index >= 15 is 0 Å². The van der Waals surface area contributed by atoms with Crippen LogP contribution in [0.4, 0.5) is 0 Å². The van der Waals surface area contributed by atoms with Crippen LogP contribution in [0.2, 0.25) is 0 Å². The molecule has 0 aliphatic heterocycles. The van der Waals surface area contributed by atoms with Crippen LogP contribution < -0.4 is 5.73 Å². The van der Waals surface area contributed by atoms with E-state index in [0.717, 1.165) is 109 Å². The zero-order valence-corrected chi connectivity index (χ0v) is 38.8. The molecule has 3 N–H and O–H groups in total. The number of allylic oxidation sites excluding steroid dienone is 18. The van der Waals surface area contributed by atoms with Crippen LogP contribution in [0.25, 0.3) is 0 Å². The van der Waals surface area contributed by atoms with Crippen molar-refractivity contribution in [3.63, 3.8) is 0 Å². The highest BCUT2D eigenvalue weighted by Gasteiger charge is 2.25. The van der Waals surface area contributed by atoms with Gasteiger partial charge in [-0.3, -0.25) is 13.8 Å². The van der Waals surface area contributed by atoms with E-state index in [1.807, 2.05) is 0 Å². The van der Waals surface area contributed by atoms with Gasteiger partial charge in [-0.2, -0.15) is 0 Å². The number of ether oxygens (including phenoxy) is 2. The lowest BCUT2D eigenvalue weighted by Gasteiger charge is -2.20. The summed E-state index contributed by atoms with van der Waals surface area (Å²) in [4.78, 5) is 22.5. The summed E-state index contributed by atoms with van der Waals surface area (Å²) < 4.78 is 33.4. The number of hydrogen-bond acceptors (Lipinski definition) is 7. The first kappa shape index (κ1) is 57.2. The van der Waals surface area contributed by atoms with Crippen molar-refractivity contribution >= 4 is 13.8 Å². The predicted molar refractivity (Wildman–Crippen MR) is 256 cm³/mol. The van der Waals surface area contributed by atoms with E-state index in [-0.39, 0.29) is 32.3 Å². The van der Waals surface area contributed by atoms with Gasteiger partial charge in [-0.25, -0.2) is 4.57 Å². The standard InChI is InChI=1S/C51H86NO7P/c1-3-5-7-9-11-13-15-17-19-21-22-23-24-25-26-27-28-29-30-32-34-36-38-40-42-44-51(53)59-50(49-58-60(54,55)57-47-45-52)48-56-46-43-41-39-37-35-33-31-20-18-16-14-12-10-8-6-4-2/h5-8,11-14,17-20,22-23,25-26,33,35,50H,3-4,9-10,15-16,21,24,27-32,34,36-49,52H2,1-2H3,(H,54,55)/b7-5-,8-6-,13-11-,14-12-,19-17-,20-18-,23-22-,26-25-,35-33-. The minimum Gasteiger partial charge on any atom is -0.457 e. The Balaban J connectivity index is 4.06. The number of rotatable bonds is 43. The number of carbonyl (C=O) groups is 1. The molecule has 0 heterocycles. The van der Waals surface area contributed by atoms with Crippen molar-refractivity contribution < 1.29 is 32.8 Å². The van der Waals surface area contributed by atoms with Crippen molar-refractivity contribution in [1.82, 2.24) is 0 Å². The van der Waals surface area contributed by atoms with Crippen molar-refractivity contribution in [2.24, 2.45) is 5.73 Å². The molecule has 60 heavy (non-hydrogen) atoms. The Kier molecular flexibility index (Phi) is 45.0. The van der Waals surface area contributed by atoms with E-state index < -0.39 is 13.9 Å². The van der Waals surface area contributed by atoms with Crippen molar-refractivity contribution in [2.75, 3.05) is 33.0 Å². The fourth-order valence-electron chi connectivity index (χ4n) is 5.84. The lowest BCUT2D eigenvalue weighted by atomic mass is 10.1. The average molecular weight is 856 g/mol. The molecule has 9 heteroatoms. The molecule has 0 aliphatic rings. The molecule has 0 radical (unpaired) electrons. The maximum atomic E-state index is 12.6. The van der Waals surface area contributed by atoms with Crippen molar-refractivity contribution in [1.29, 1.82) is 0 Å². The van der Waals surface area contributed by atoms with Crippen molar-refractivity contribution in [2.45, 2.75) is 174 Å². The SMILES string of the molecule is CC/C=C\C/C=C\C/C=C\C/C=C\C/C=C\CCCCCCCCCCCC(=O)OC(COCCCCC/C=C\C/C=C\C/C=C\C/C=C\CC)COP(=O)(O)OCCN. The maximum Gasteiger partial charge on any atom is 0.472 e. The Morgan fingerprint density at radius 1 is 0.500 bits per heavy atom. The Morgan fingerprint density at radius 2 is 0.883 bits per heavy atom. The molecule has 0 fully saturated rings. The van der Waals surface area contributed by atoms with Crippen LogP contribution in [0.15, 0.2) is 109 Å². The molecular formula is C51H86NO7P. The molecule has 0 saturated carbocycles. The molecule has 2 atom stereocenters. The van der Waals surface area contributed by atoms with Gasteiger partial charge in [0.15, 0.2) is 0 Å². The fourth-order valence-corrected chi connectivity index (χ4v) is 6.60. The third kappa shape index (κ3) is 46.2. The van der Waals surface area contributed by atoms with Gasteiger partial charge in [-0.15, -0.1) is 0 Å². The second-order valence-corrected chi connectivity index (χ2v) is 16.3. The zero-order chi connectivity index (χ0) is 43.7. The summed E-state index contributed by atoms with van der Waals surface area (Å²) in [6.45, 7) is 4.58. The summed E-state index contributed by atoms with van der Waals surface area (Å²) in [6, 6.07) is 0. The first-order valence-corrected chi connectivity index (χ1v) is 24.9. The molecule has 0 aromatic rings. The number of carbonyl (C=O) groups excluding carboxylic acids is 1. The molecule has 0 bridgehead atoms. The van der Waals surface area contributed by atoms with E-state index in [2.05, 4.69) is 123 Å².